The molecule has 3 nitrogen and oxygen atoms in total. The Morgan fingerprint density at radius 3 is 2.23 bits per heavy atom. The Balaban J connectivity index is 1.78. The first kappa shape index (κ1) is 16.0. The van der Waals surface area contributed by atoms with Crippen LogP contribution in [0.4, 0.5) is 18.9 Å². The second kappa shape index (κ2) is 7.61. The number of benzene rings is 2. The van der Waals surface area contributed by atoms with Crippen molar-refractivity contribution in [1.82, 2.24) is 5.32 Å². The highest BCUT2D eigenvalue weighted by Crippen LogP contribution is 2.17. The number of nitrogens with one attached hydrogen (secondary N) is 2. The molecule has 0 atom stereocenters. The molecule has 0 heterocycles. The lowest BCUT2D eigenvalue weighted by atomic mass is 10.1. The van der Waals surface area contributed by atoms with Crippen molar-refractivity contribution in [1.29, 1.82) is 0 Å². The molecule has 1 amide bonds. The zero-order valence-corrected chi connectivity index (χ0v) is 11.7. The lowest BCUT2D eigenvalue weighted by Gasteiger charge is -2.08. The quantitative estimate of drug-likeness (QED) is 0.806. The van der Waals surface area contributed by atoms with Gasteiger partial charge in [0.2, 0.25) is 5.91 Å². The van der Waals surface area contributed by atoms with Crippen molar-refractivity contribution in [2.24, 2.45) is 0 Å². The van der Waals surface area contributed by atoms with E-state index in [1.54, 1.807) is 18.2 Å². The zero-order chi connectivity index (χ0) is 15.9. The molecule has 22 heavy (non-hydrogen) atoms. The maximum absolute atomic E-state index is 13.4. The van der Waals surface area contributed by atoms with Crippen molar-refractivity contribution in [3.63, 3.8) is 0 Å². The molecule has 0 aromatic heterocycles. The number of carbonyl (C=O) groups excluding carboxylic acids is 1. The molecule has 0 spiro atoms. The lowest BCUT2D eigenvalue weighted by molar-refractivity contribution is -0.115. The normalized spacial score (nSPS) is 10.5. The van der Waals surface area contributed by atoms with Crippen molar-refractivity contribution >= 4 is 11.6 Å². The smallest absolute Gasteiger partial charge is 0.238 e. The Hall–Kier alpha value is -2.34. The van der Waals surface area contributed by atoms with Gasteiger partial charge in [-0.3, -0.25) is 4.79 Å². The maximum atomic E-state index is 13.4. The third-order valence-electron chi connectivity index (χ3n) is 3.04. The molecule has 6 heteroatoms. The van der Waals surface area contributed by atoms with Crippen LogP contribution in [0.15, 0.2) is 42.5 Å². The summed E-state index contributed by atoms with van der Waals surface area (Å²) in [6, 6.07) is 9.69. The molecule has 0 fully saturated rings. The van der Waals surface area contributed by atoms with Crippen molar-refractivity contribution in [3.8, 4) is 0 Å². The van der Waals surface area contributed by atoms with E-state index in [2.05, 4.69) is 10.6 Å². The standard InChI is InChI=1S/C16H15F3N2O/c17-12-5-2-1-4-11(12)8-9-20-10-15(22)21-16-13(18)6-3-7-14(16)19/h1-7,20H,8-10H2,(H,21,22). The van der Waals surface area contributed by atoms with Gasteiger partial charge in [-0.1, -0.05) is 24.3 Å². The van der Waals surface area contributed by atoms with Gasteiger partial charge in [0, 0.05) is 0 Å². The molecular weight excluding hydrogens is 293 g/mol. The highest BCUT2D eigenvalue weighted by molar-refractivity contribution is 5.92. The van der Waals surface area contributed by atoms with Gasteiger partial charge in [0.15, 0.2) is 0 Å². The lowest BCUT2D eigenvalue weighted by Crippen LogP contribution is -2.30. The van der Waals surface area contributed by atoms with E-state index in [1.165, 1.54) is 12.1 Å². The molecule has 0 aliphatic heterocycles. The molecule has 0 unspecified atom stereocenters. The van der Waals surface area contributed by atoms with Gasteiger partial charge < -0.3 is 10.6 Å². The minimum Gasteiger partial charge on any atom is -0.320 e. The maximum Gasteiger partial charge on any atom is 0.238 e. The van der Waals surface area contributed by atoms with E-state index in [0.717, 1.165) is 12.1 Å². The largest absolute Gasteiger partial charge is 0.320 e. The van der Waals surface area contributed by atoms with Gasteiger partial charge in [0.25, 0.3) is 0 Å². The molecule has 0 aliphatic carbocycles. The van der Waals surface area contributed by atoms with Crippen LogP contribution in [0.5, 0.6) is 0 Å². The van der Waals surface area contributed by atoms with Crippen LogP contribution in [0.2, 0.25) is 0 Å². The Morgan fingerprint density at radius 2 is 1.55 bits per heavy atom. The van der Waals surface area contributed by atoms with Crippen LogP contribution in [0, 0.1) is 17.5 Å². The van der Waals surface area contributed by atoms with E-state index in [-0.39, 0.29) is 12.4 Å². The van der Waals surface area contributed by atoms with Crippen LogP contribution in [0.25, 0.3) is 0 Å². The molecule has 0 bridgehead atoms. The van der Waals surface area contributed by atoms with Gasteiger partial charge in [-0.2, -0.15) is 0 Å². The third kappa shape index (κ3) is 4.33. The fourth-order valence-corrected chi connectivity index (χ4v) is 1.93. The Labute approximate surface area is 126 Å². The number of anilines is 1. The average Bonchev–Trinajstić information content (AvgIpc) is 2.49. The highest BCUT2D eigenvalue weighted by atomic mass is 19.1. The number of halogens is 3. The molecule has 2 aromatic rings. The predicted octanol–water partition coefficient (Wildman–Crippen LogP) is 2.87. The SMILES string of the molecule is O=C(CNCCc1ccccc1F)Nc1c(F)cccc1F. The highest BCUT2D eigenvalue weighted by Gasteiger charge is 2.11. The third-order valence-corrected chi connectivity index (χ3v) is 3.04. The van der Waals surface area contributed by atoms with Gasteiger partial charge in [0.05, 0.1) is 6.54 Å². The van der Waals surface area contributed by atoms with E-state index in [9.17, 15) is 18.0 Å². The molecule has 0 saturated carbocycles. The van der Waals surface area contributed by atoms with Crippen molar-refractivity contribution in [3.05, 3.63) is 65.5 Å². The number of para-hydroxylation sites is 1. The molecule has 0 radical (unpaired) electrons. The first-order valence-electron chi connectivity index (χ1n) is 6.76. The minimum atomic E-state index is -0.834. The van der Waals surface area contributed by atoms with E-state index in [0.29, 0.717) is 18.5 Å². The van der Waals surface area contributed by atoms with E-state index in [1.807, 2.05) is 0 Å². The van der Waals surface area contributed by atoms with E-state index >= 15 is 0 Å². The number of carbonyl (C=O) groups is 1. The molecule has 116 valence electrons. The number of hydrogen-bond acceptors (Lipinski definition) is 2. The summed E-state index contributed by atoms with van der Waals surface area (Å²) in [4.78, 5) is 11.6. The van der Waals surface area contributed by atoms with Gasteiger partial charge in [-0.25, -0.2) is 13.2 Å². The summed E-state index contributed by atoms with van der Waals surface area (Å²) in [5, 5.41) is 4.96. The van der Waals surface area contributed by atoms with Crippen LogP contribution in [0.1, 0.15) is 5.56 Å². The number of hydrogen-bond donors (Lipinski definition) is 2. The minimum absolute atomic E-state index is 0.123. The summed E-state index contributed by atoms with van der Waals surface area (Å²) in [5.41, 5.74) is 0.0685. The van der Waals surface area contributed by atoms with E-state index < -0.39 is 23.2 Å². The van der Waals surface area contributed by atoms with Gasteiger partial charge >= 0.3 is 0 Å². The van der Waals surface area contributed by atoms with Gasteiger partial charge in [-0.15, -0.1) is 0 Å². The second-order valence-electron chi connectivity index (χ2n) is 4.66. The Bertz CT molecular complexity index is 641. The van der Waals surface area contributed by atoms with E-state index in [4.69, 9.17) is 0 Å². The topological polar surface area (TPSA) is 41.1 Å². The van der Waals surface area contributed by atoms with Crippen LogP contribution >= 0.6 is 0 Å². The van der Waals surface area contributed by atoms with Crippen LogP contribution in [-0.2, 0) is 11.2 Å². The summed E-state index contributed by atoms with van der Waals surface area (Å²) in [5.74, 6) is -2.54. The summed E-state index contributed by atoms with van der Waals surface area (Å²) in [7, 11) is 0. The van der Waals surface area contributed by atoms with Crippen LogP contribution < -0.4 is 10.6 Å². The fraction of sp³-hybridized carbons (Fsp3) is 0.188. The molecule has 2 rings (SSSR count). The number of rotatable bonds is 6. The second-order valence-corrected chi connectivity index (χ2v) is 4.66. The fourth-order valence-electron chi connectivity index (χ4n) is 1.93. The zero-order valence-electron chi connectivity index (χ0n) is 11.7. The summed E-state index contributed by atoms with van der Waals surface area (Å²) >= 11 is 0. The first-order chi connectivity index (χ1) is 10.6. The Kier molecular flexibility index (Phi) is 5.55. The number of amides is 1. The van der Waals surface area contributed by atoms with Crippen LogP contribution in [0.3, 0.4) is 0 Å². The van der Waals surface area contributed by atoms with Crippen molar-refractivity contribution in [2.75, 3.05) is 18.4 Å². The Morgan fingerprint density at radius 1 is 0.909 bits per heavy atom. The van der Waals surface area contributed by atoms with Crippen molar-refractivity contribution < 1.29 is 18.0 Å². The summed E-state index contributed by atoms with van der Waals surface area (Å²) in [6.07, 6.45) is 0.411. The van der Waals surface area contributed by atoms with Gasteiger partial charge in [0.1, 0.15) is 23.1 Å². The molecule has 0 aliphatic rings. The summed E-state index contributed by atoms with van der Waals surface area (Å²) < 4.78 is 40.1. The monoisotopic (exact) mass is 308 g/mol. The molecular formula is C16H15F3N2O. The predicted molar refractivity (Wildman–Crippen MR) is 78.0 cm³/mol. The first-order valence-corrected chi connectivity index (χ1v) is 6.76. The summed E-state index contributed by atoms with van der Waals surface area (Å²) in [6.45, 7) is 0.246. The van der Waals surface area contributed by atoms with Gasteiger partial charge in [-0.05, 0) is 36.7 Å². The molecule has 0 saturated heterocycles. The van der Waals surface area contributed by atoms with Crippen molar-refractivity contribution in [2.45, 2.75) is 6.42 Å². The van der Waals surface area contributed by atoms with Crippen LogP contribution in [-0.4, -0.2) is 19.0 Å². The molecule has 2 aromatic carbocycles. The average molecular weight is 308 g/mol. The molecule has 2 N–H and O–H groups in total.